The van der Waals surface area contributed by atoms with Crippen LogP contribution in [0, 0.1) is 11.8 Å². The van der Waals surface area contributed by atoms with Crippen molar-refractivity contribution in [1.29, 1.82) is 0 Å². The maximum atomic E-state index is 11.7. The maximum absolute atomic E-state index is 11.7. The first-order chi connectivity index (χ1) is 14.6. The number of imidazole rings is 1. The van der Waals surface area contributed by atoms with E-state index in [1.165, 1.54) is 28.4 Å². The molecule has 2 aromatic heterocycles. The van der Waals surface area contributed by atoms with E-state index in [-0.39, 0.29) is 28.3 Å². The number of aliphatic carboxylic acids is 1. The molecule has 3 aromatic rings. The number of H-pyrrole nitrogens is 2. The van der Waals surface area contributed by atoms with Gasteiger partial charge in [-0.25, -0.2) is 9.78 Å². The van der Waals surface area contributed by atoms with Crippen LogP contribution in [0.3, 0.4) is 0 Å². The number of aromatic amines is 2. The van der Waals surface area contributed by atoms with Gasteiger partial charge in [0.15, 0.2) is 0 Å². The van der Waals surface area contributed by atoms with Crippen LogP contribution in [-0.2, 0) is 16.0 Å². The molecule has 0 bridgehead atoms. The zero-order valence-corrected chi connectivity index (χ0v) is 16.9. The standard InChI is InChI=1S/C20H22N2O3.C3H4N2.3H2/c1-11-15-9-22-7-6-13-12-4-2-3-5-17(12)21-19(13)18(22)8-14(15)16(10-25-11)20(23)24;1-2-5-3-4-1;;;/h2-5,10-11,14-15,18,21H,6-9H2,1H3,(H,23,24);1-3H,(H,4,5);3*1H/t11-,14?,15?,18?;;;;/m0..../s1. The highest BCUT2D eigenvalue weighted by Crippen LogP contribution is 2.47. The first-order valence-corrected chi connectivity index (χ1v) is 10.5. The number of rotatable bonds is 1. The minimum absolute atomic E-state index is 0. The van der Waals surface area contributed by atoms with Crippen LogP contribution in [0.25, 0.3) is 10.9 Å². The summed E-state index contributed by atoms with van der Waals surface area (Å²) < 4.78 is 5.64. The van der Waals surface area contributed by atoms with Crippen molar-refractivity contribution in [2.24, 2.45) is 11.8 Å². The molecule has 0 amide bonds. The van der Waals surface area contributed by atoms with E-state index >= 15 is 0 Å². The number of benzene rings is 1. The van der Waals surface area contributed by atoms with Crippen molar-refractivity contribution >= 4 is 16.9 Å². The zero-order valence-electron chi connectivity index (χ0n) is 16.9. The molecule has 0 aliphatic carbocycles. The van der Waals surface area contributed by atoms with Crippen LogP contribution >= 0.6 is 0 Å². The number of carboxylic acids is 1. The number of para-hydroxylation sites is 1. The second kappa shape index (κ2) is 7.65. The van der Waals surface area contributed by atoms with Crippen LogP contribution in [-0.4, -0.2) is 50.1 Å². The largest absolute Gasteiger partial charge is 0.497 e. The van der Waals surface area contributed by atoms with Gasteiger partial charge < -0.3 is 19.8 Å². The molecule has 1 aromatic carbocycles. The van der Waals surface area contributed by atoms with E-state index in [9.17, 15) is 9.90 Å². The van der Waals surface area contributed by atoms with Crippen LogP contribution in [0.1, 0.15) is 34.9 Å². The average Bonchev–Trinajstić information content (AvgIpc) is 3.44. The molecule has 30 heavy (non-hydrogen) atoms. The van der Waals surface area contributed by atoms with Gasteiger partial charge in [0.05, 0.1) is 30.3 Å². The first-order valence-electron chi connectivity index (χ1n) is 10.5. The molecular formula is C23H32N4O3. The van der Waals surface area contributed by atoms with E-state index in [1.807, 2.05) is 0 Å². The number of piperidine rings is 1. The fraction of sp³-hybridized carbons (Fsp3) is 0.391. The first kappa shape index (κ1) is 18.9. The van der Waals surface area contributed by atoms with Crippen molar-refractivity contribution in [2.45, 2.75) is 31.9 Å². The summed E-state index contributed by atoms with van der Waals surface area (Å²) in [6.07, 6.45) is 8.53. The molecule has 6 rings (SSSR count). The lowest BCUT2D eigenvalue weighted by Crippen LogP contribution is -2.51. The smallest absolute Gasteiger partial charge is 0.334 e. The molecule has 3 N–H and O–H groups in total. The second-order valence-electron chi connectivity index (χ2n) is 8.31. The Labute approximate surface area is 179 Å². The van der Waals surface area contributed by atoms with Gasteiger partial charge in [-0.1, -0.05) is 18.2 Å². The van der Waals surface area contributed by atoms with Crippen molar-refractivity contribution in [3.63, 3.8) is 0 Å². The Morgan fingerprint density at radius 1 is 1.37 bits per heavy atom. The highest BCUT2D eigenvalue weighted by atomic mass is 16.5. The van der Waals surface area contributed by atoms with E-state index in [2.05, 4.69) is 51.0 Å². The number of nitrogens with zero attached hydrogens (tertiary/aromatic N) is 2. The number of fused-ring (bicyclic) bond motifs is 6. The number of carboxylic acid groups (broad SMARTS) is 1. The minimum atomic E-state index is -0.844. The molecule has 3 unspecified atom stereocenters. The van der Waals surface area contributed by atoms with E-state index < -0.39 is 5.97 Å². The Kier molecular flexibility index (Phi) is 4.83. The van der Waals surface area contributed by atoms with Gasteiger partial charge in [-0.05, 0) is 31.4 Å². The average molecular weight is 413 g/mol. The Morgan fingerprint density at radius 2 is 2.23 bits per heavy atom. The molecule has 1 fully saturated rings. The zero-order chi connectivity index (χ0) is 20.7. The summed E-state index contributed by atoms with van der Waals surface area (Å²) in [5.41, 5.74) is 4.32. The Hall–Kier alpha value is -3.06. The highest BCUT2D eigenvalue weighted by molar-refractivity contribution is 5.87. The summed E-state index contributed by atoms with van der Waals surface area (Å²) >= 11 is 0. The molecule has 1 saturated heterocycles. The Balaban J connectivity index is 0.000000431. The summed E-state index contributed by atoms with van der Waals surface area (Å²) in [5.74, 6) is -0.541. The van der Waals surface area contributed by atoms with Crippen molar-refractivity contribution in [1.82, 2.24) is 19.9 Å². The third-order valence-electron chi connectivity index (χ3n) is 6.77. The van der Waals surface area contributed by atoms with Gasteiger partial charge >= 0.3 is 5.97 Å². The normalized spacial score (nSPS) is 27.6. The van der Waals surface area contributed by atoms with Gasteiger partial charge in [-0.3, -0.25) is 4.90 Å². The van der Waals surface area contributed by atoms with Crippen molar-refractivity contribution in [3.05, 3.63) is 66.1 Å². The number of hydrogen-bond acceptors (Lipinski definition) is 4. The third-order valence-corrected chi connectivity index (χ3v) is 6.77. The highest BCUT2D eigenvalue weighted by Gasteiger charge is 2.46. The van der Waals surface area contributed by atoms with Crippen molar-refractivity contribution in [3.8, 4) is 0 Å². The Morgan fingerprint density at radius 3 is 2.97 bits per heavy atom. The number of carbonyl (C=O) groups is 1. The van der Waals surface area contributed by atoms with E-state index in [1.54, 1.807) is 18.7 Å². The van der Waals surface area contributed by atoms with Gasteiger partial charge in [0, 0.05) is 58.2 Å². The van der Waals surface area contributed by atoms with E-state index in [0.717, 1.165) is 25.9 Å². The van der Waals surface area contributed by atoms with Crippen LogP contribution in [0.5, 0.6) is 0 Å². The molecule has 5 heterocycles. The molecule has 4 atom stereocenters. The van der Waals surface area contributed by atoms with Crippen LogP contribution in [0.4, 0.5) is 0 Å². The van der Waals surface area contributed by atoms with Gasteiger partial charge in [0.1, 0.15) is 0 Å². The maximum Gasteiger partial charge on any atom is 0.334 e. The van der Waals surface area contributed by atoms with Gasteiger partial charge in [-0.2, -0.15) is 0 Å². The van der Waals surface area contributed by atoms with Crippen LogP contribution in [0.15, 0.2) is 54.8 Å². The predicted octanol–water partition coefficient (Wildman–Crippen LogP) is 4.24. The summed E-state index contributed by atoms with van der Waals surface area (Å²) in [6.45, 7) is 3.99. The molecule has 3 aliphatic heterocycles. The topological polar surface area (TPSA) is 94.2 Å². The van der Waals surface area contributed by atoms with Gasteiger partial charge in [-0.15, -0.1) is 0 Å². The van der Waals surface area contributed by atoms with Crippen LogP contribution < -0.4 is 0 Å². The summed E-state index contributed by atoms with van der Waals surface area (Å²) in [5, 5.41) is 10.9. The number of aromatic nitrogens is 3. The summed E-state index contributed by atoms with van der Waals surface area (Å²) in [6, 6.07) is 8.73. The molecule has 0 saturated carbocycles. The molecule has 162 valence electrons. The quantitative estimate of drug-likeness (QED) is 0.556. The van der Waals surface area contributed by atoms with Gasteiger partial charge in [0.2, 0.25) is 0 Å². The SMILES string of the molecule is C[C@@H]1OC=C(C(=O)O)C2CC3c4[nH]c5ccccc5c4CCN3CC21.[HH].[HH].[HH].c1c[nH]cn1. The van der Waals surface area contributed by atoms with E-state index in [4.69, 9.17) is 4.74 Å². The number of nitrogens with one attached hydrogen (secondary N) is 2. The second-order valence-corrected chi connectivity index (χ2v) is 8.31. The van der Waals surface area contributed by atoms with Gasteiger partial charge in [0.25, 0.3) is 0 Å². The molecule has 3 aliphatic rings. The molecule has 7 heteroatoms. The molecule has 7 nitrogen and oxygen atoms in total. The summed E-state index contributed by atoms with van der Waals surface area (Å²) in [4.78, 5) is 24.3. The minimum Gasteiger partial charge on any atom is -0.497 e. The summed E-state index contributed by atoms with van der Waals surface area (Å²) in [7, 11) is 0. The van der Waals surface area contributed by atoms with Crippen molar-refractivity contribution in [2.75, 3.05) is 13.1 Å². The molecule has 0 spiro atoms. The molecular weight excluding hydrogens is 380 g/mol. The van der Waals surface area contributed by atoms with Crippen molar-refractivity contribution < 1.29 is 18.9 Å². The number of ether oxygens (including phenoxy) is 1. The lowest BCUT2D eigenvalue weighted by Gasteiger charge is -2.49. The van der Waals surface area contributed by atoms with E-state index in [0.29, 0.717) is 5.57 Å². The molecule has 0 radical (unpaired) electrons. The van der Waals surface area contributed by atoms with Crippen LogP contribution in [0.2, 0.25) is 0 Å². The predicted molar refractivity (Wildman–Crippen MR) is 119 cm³/mol. The third kappa shape index (κ3) is 3.19. The Bertz CT molecular complexity index is 1070. The fourth-order valence-corrected chi connectivity index (χ4v) is 5.29. The number of hydrogen-bond donors (Lipinski definition) is 3. The monoisotopic (exact) mass is 412 g/mol. The fourth-order valence-electron chi connectivity index (χ4n) is 5.29. The lowest BCUT2D eigenvalue weighted by atomic mass is 9.72. The lowest BCUT2D eigenvalue weighted by molar-refractivity contribution is -0.135.